The van der Waals surface area contributed by atoms with Crippen molar-refractivity contribution < 1.29 is 0 Å². The van der Waals surface area contributed by atoms with E-state index in [1.165, 1.54) is 16.0 Å². The molecule has 0 saturated carbocycles. The highest BCUT2D eigenvalue weighted by Gasteiger charge is 1.95. The molecule has 16 heavy (non-hydrogen) atoms. The summed E-state index contributed by atoms with van der Waals surface area (Å²) in [4.78, 5) is 1.31. The van der Waals surface area contributed by atoms with Gasteiger partial charge in [-0.2, -0.15) is 0 Å². The van der Waals surface area contributed by atoms with Crippen molar-refractivity contribution in [2.75, 3.05) is 0 Å². The Balaban J connectivity index is 1.82. The monoisotopic (exact) mass is 227 g/mol. The lowest BCUT2D eigenvalue weighted by Gasteiger charge is -2.02. The first kappa shape index (κ1) is 11.3. The maximum Gasteiger partial charge on any atom is 0.0260 e. The van der Waals surface area contributed by atoms with E-state index in [0.717, 1.165) is 6.42 Å². The summed E-state index contributed by atoms with van der Waals surface area (Å²) in [5.74, 6) is 2.25. The number of hydrogen-bond donors (Lipinski definition) is 0. The van der Waals surface area contributed by atoms with E-state index in [4.69, 9.17) is 0 Å². The molecule has 0 aliphatic rings. The van der Waals surface area contributed by atoms with Gasteiger partial charge in [0.25, 0.3) is 0 Å². The first-order valence-corrected chi connectivity index (χ1v) is 6.31. The summed E-state index contributed by atoms with van der Waals surface area (Å²) in [6.07, 6.45) is 1.01. The van der Waals surface area contributed by atoms with Crippen LogP contribution in [0.15, 0.2) is 59.5 Å². The van der Waals surface area contributed by atoms with Gasteiger partial charge < -0.3 is 0 Å². The predicted molar refractivity (Wildman–Crippen MR) is 71.5 cm³/mol. The van der Waals surface area contributed by atoms with Gasteiger partial charge in [-0.15, -0.1) is 11.8 Å². The summed E-state index contributed by atoms with van der Waals surface area (Å²) in [7, 11) is 0. The molecule has 2 rings (SSSR count). The minimum Gasteiger partial charge on any atom is -0.121 e. The Kier molecular flexibility index (Phi) is 4.06. The molecule has 0 amide bonds. The van der Waals surface area contributed by atoms with E-state index in [0.29, 0.717) is 0 Å². The Morgan fingerprint density at radius 2 is 1.62 bits per heavy atom. The first-order valence-electron chi connectivity index (χ1n) is 5.43. The zero-order chi connectivity index (χ0) is 11.2. The summed E-state index contributed by atoms with van der Waals surface area (Å²) in [5, 5.41) is 0. The Bertz CT molecular complexity index is 417. The molecule has 0 unspecified atom stereocenters. The molecule has 81 valence electrons. The number of thioether (sulfide) groups is 1. The first-order chi connectivity index (χ1) is 7.84. The molecule has 0 nitrogen and oxygen atoms in total. The lowest BCUT2D eigenvalue weighted by molar-refractivity contribution is 1.24. The van der Waals surface area contributed by atoms with E-state index in [2.05, 4.69) is 67.3 Å². The van der Waals surface area contributed by atoms with Gasteiger partial charge in [0.15, 0.2) is 0 Å². The van der Waals surface area contributed by atoms with Crippen LogP contribution < -0.4 is 0 Å². The lowest BCUT2D eigenvalue weighted by Crippen LogP contribution is -1.82. The van der Waals surface area contributed by atoms with E-state index >= 15 is 0 Å². The molecule has 0 aromatic heterocycles. The highest BCUT2D eigenvalue weighted by atomic mass is 32.2. The van der Waals surface area contributed by atoms with E-state index in [-0.39, 0.29) is 0 Å². The van der Waals surface area contributed by atoms with E-state index < -0.39 is 0 Å². The predicted octanol–water partition coefficient (Wildman–Crippen LogP) is 4.49. The van der Waals surface area contributed by atoms with Crippen LogP contribution in [0.5, 0.6) is 0 Å². The average Bonchev–Trinajstić information content (AvgIpc) is 2.33. The second-order valence-electron chi connectivity index (χ2n) is 3.79. The minimum absolute atomic E-state index is 1.01. The van der Waals surface area contributed by atoms with Gasteiger partial charge >= 0.3 is 0 Å². The van der Waals surface area contributed by atoms with Crippen LogP contribution >= 0.6 is 11.8 Å². The van der Waals surface area contributed by atoms with Crippen LogP contribution in [0.2, 0.25) is 0 Å². The molecular formula is C15H15S. The van der Waals surface area contributed by atoms with Crippen LogP contribution in [0.1, 0.15) is 11.1 Å². The second kappa shape index (κ2) is 5.76. The molecule has 0 bridgehead atoms. The molecule has 2 aromatic carbocycles. The van der Waals surface area contributed by atoms with Gasteiger partial charge in [-0.25, -0.2) is 0 Å². The lowest BCUT2D eigenvalue weighted by atomic mass is 10.2. The second-order valence-corrected chi connectivity index (χ2v) is 4.83. The Hall–Kier alpha value is -1.21. The van der Waals surface area contributed by atoms with Gasteiger partial charge in [0.2, 0.25) is 0 Å². The molecule has 0 spiro atoms. The zero-order valence-electron chi connectivity index (χ0n) is 9.39. The summed E-state index contributed by atoms with van der Waals surface area (Å²) < 4.78 is 0. The number of aryl methyl sites for hydroxylation is 1. The molecule has 0 aliphatic heterocycles. The van der Waals surface area contributed by atoms with Crippen LogP contribution in [-0.4, -0.2) is 0 Å². The Morgan fingerprint density at radius 3 is 2.31 bits per heavy atom. The summed E-state index contributed by atoms with van der Waals surface area (Å²) in [6.45, 7) is 2.11. The summed E-state index contributed by atoms with van der Waals surface area (Å²) in [5.41, 5.74) is 2.68. The SMILES string of the molecule is Cc1ccc(S[CH]Cc2ccccc2)cc1. The third-order valence-corrected chi connectivity index (χ3v) is 3.28. The largest absolute Gasteiger partial charge is 0.121 e. The normalized spacial score (nSPS) is 10.3. The van der Waals surface area contributed by atoms with Crippen molar-refractivity contribution in [3.8, 4) is 0 Å². The van der Waals surface area contributed by atoms with Gasteiger partial charge in [-0.3, -0.25) is 0 Å². The third kappa shape index (κ3) is 3.42. The van der Waals surface area contributed by atoms with Crippen LogP contribution in [0, 0.1) is 12.7 Å². The molecule has 2 aromatic rings. The van der Waals surface area contributed by atoms with Crippen molar-refractivity contribution in [2.24, 2.45) is 0 Å². The van der Waals surface area contributed by atoms with Gasteiger partial charge in [-0.1, -0.05) is 48.0 Å². The molecule has 1 heteroatoms. The maximum absolute atomic E-state index is 2.25. The van der Waals surface area contributed by atoms with Crippen molar-refractivity contribution in [3.63, 3.8) is 0 Å². The number of rotatable bonds is 4. The minimum atomic E-state index is 1.01. The number of benzene rings is 2. The Morgan fingerprint density at radius 1 is 0.938 bits per heavy atom. The van der Waals surface area contributed by atoms with Crippen LogP contribution in [0.4, 0.5) is 0 Å². The van der Waals surface area contributed by atoms with Crippen molar-refractivity contribution in [1.82, 2.24) is 0 Å². The fourth-order valence-electron chi connectivity index (χ4n) is 1.47. The molecule has 0 aliphatic carbocycles. The molecule has 0 heterocycles. The molecular weight excluding hydrogens is 212 g/mol. The molecule has 0 N–H and O–H groups in total. The van der Waals surface area contributed by atoms with E-state index in [1.54, 1.807) is 11.8 Å². The van der Waals surface area contributed by atoms with Crippen LogP contribution in [0.25, 0.3) is 0 Å². The quantitative estimate of drug-likeness (QED) is 0.693. The number of hydrogen-bond acceptors (Lipinski definition) is 1. The summed E-state index contributed by atoms with van der Waals surface area (Å²) >= 11 is 1.80. The Labute approximate surface area is 102 Å². The molecule has 1 radical (unpaired) electrons. The average molecular weight is 227 g/mol. The van der Waals surface area contributed by atoms with Crippen molar-refractivity contribution in [1.29, 1.82) is 0 Å². The molecule has 0 atom stereocenters. The van der Waals surface area contributed by atoms with Crippen molar-refractivity contribution in [3.05, 3.63) is 71.5 Å². The maximum atomic E-state index is 2.25. The van der Waals surface area contributed by atoms with Gasteiger partial charge in [0, 0.05) is 10.6 Å². The summed E-state index contributed by atoms with van der Waals surface area (Å²) in [6, 6.07) is 19.2. The van der Waals surface area contributed by atoms with Crippen molar-refractivity contribution in [2.45, 2.75) is 18.2 Å². The fraction of sp³-hybridized carbons (Fsp3) is 0.133. The van der Waals surface area contributed by atoms with Gasteiger partial charge in [0.1, 0.15) is 0 Å². The smallest absolute Gasteiger partial charge is 0.0260 e. The van der Waals surface area contributed by atoms with E-state index in [9.17, 15) is 0 Å². The standard InChI is InChI=1S/C15H15S/c1-13-7-9-15(10-8-13)16-12-11-14-5-3-2-4-6-14/h2-10,12H,11H2,1H3. The molecule has 0 saturated heterocycles. The van der Waals surface area contributed by atoms with Crippen LogP contribution in [0.3, 0.4) is 0 Å². The molecule has 0 fully saturated rings. The van der Waals surface area contributed by atoms with Crippen LogP contribution in [-0.2, 0) is 6.42 Å². The topological polar surface area (TPSA) is 0 Å². The zero-order valence-corrected chi connectivity index (χ0v) is 10.2. The highest BCUT2D eigenvalue weighted by Crippen LogP contribution is 2.22. The van der Waals surface area contributed by atoms with Gasteiger partial charge in [-0.05, 0) is 31.0 Å². The fourth-order valence-corrected chi connectivity index (χ4v) is 2.23. The van der Waals surface area contributed by atoms with E-state index in [1.807, 2.05) is 0 Å². The highest BCUT2D eigenvalue weighted by molar-refractivity contribution is 8.01. The van der Waals surface area contributed by atoms with Crippen molar-refractivity contribution >= 4 is 11.8 Å². The third-order valence-electron chi connectivity index (χ3n) is 2.40. The van der Waals surface area contributed by atoms with Gasteiger partial charge in [0.05, 0.1) is 0 Å².